The first kappa shape index (κ1) is 12.9. The van der Waals surface area contributed by atoms with Crippen LogP contribution < -0.4 is 4.74 Å². The Morgan fingerprint density at radius 1 is 1.28 bits per heavy atom. The van der Waals surface area contributed by atoms with Gasteiger partial charge in [0.2, 0.25) is 0 Å². The van der Waals surface area contributed by atoms with Crippen molar-refractivity contribution in [1.82, 2.24) is 4.98 Å². The number of hydrogen-bond donors (Lipinski definition) is 0. The van der Waals surface area contributed by atoms with E-state index in [2.05, 4.69) is 9.72 Å². The molecule has 18 heavy (non-hydrogen) atoms. The van der Waals surface area contributed by atoms with Crippen LogP contribution in [0, 0.1) is 0 Å². The van der Waals surface area contributed by atoms with Crippen molar-refractivity contribution in [2.45, 2.75) is 0 Å². The lowest BCUT2D eigenvalue weighted by molar-refractivity contribution is 0.0600. The van der Waals surface area contributed by atoms with E-state index in [-0.39, 0.29) is 10.6 Å². The molecule has 94 valence electrons. The molecule has 0 N–H and O–H groups in total. The van der Waals surface area contributed by atoms with Gasteiger partial charge in [0.05, 0.1) is 35.3 Å². The smallest absolute Gasteiger partial charge is 0.340 e. The Kier molecular flexibility index (Phi) is 3.59. The van der Waals surface area contributed by atoms with Crippen molar-refractivity contribution in [3.05, 3.63) is 33.9 Å². The number of fused-ring (bicyclic) bond motifs is 1. The van der Waals surface area contributed by atoms with Gasteiger partial charge in [-0.1, -0.05) is 23.2 Å². The average molecular weight is 286 g/mol. The third kappa shape index (κ3) is 2.09. The summed E-state index contributed by atoms with van der Waals surface area (Å²) in [7, 11) is 2.79. The highest BCUT2D eigenvalue weighted by Crippen LogP contribution is 2.33. The molecule has 0 aliphatic rings. The Balaban J connectivity index is 2.71. The second kappa shape index (κ2) is 5.00. The predicted molar refractivity (Wildman–Crippen MR) is 69.7 cm³/mol. The SMILES string of the molecule is COC(=O)c1cnc2cc(OC)c(Cl)cc2c1Cl. The molecule has 1 heterocycles. The minimum atomic E-state index is -0.540. The summed E-state index contributed by atoms with van der Waals surface area (Å²) in [6.45, 7) is 0. The van der Waals surface area contributed by atoms with Crippen LogP contribution in [0.1, 0.15) is 10.4 Å². The van der Waals surface area contributed by atoms with Crippen molar-refractivity contribution in [3.63, 3.8) is 0 Å². The van der Waals surface area contributed by atoms with Gasteiger partial charge in [-0.2, -0.15) is 0 Å². The standard InChI is InChI=1S/C12H9Cl2NO3/c1-17-10-4-9-6(3-8(10)13)11(14)7(5-15-9)12(16)18-2/h3-5H,1-2H3. The number of aromatic nitrogens is 1. The van der Waals surface area contributed by atoms with Gasteiger partial charge in [-0.15, -0.1) is 0 Å². The highest BCUT2D eigenvalue weighted by Gasteiger charge is 2.16. The maximum absolute atomic E-state index is 11.5. The number of methoxy groups -OCH3 is 2. The number of halogens is 2. The van der Waals surface area contributed by atoms with E-state index >= 15 is 0 Å². The van der Waals surface area contributed by atoms with Crippen LogP contribution in [-0.4, -0.2) is 25.2 Å². The summed E-state index contributed by atoms with van der Waals surface area (Å²) in [5.41, 5.74) is 0.793. The van der Waals surface area contributed by atoms with Crippen LogP contribution in [0.15, 0.2) is 18.3 Å². The Morgan fingerprint density at radius 2 is 2.00 bits per heavy atom. The van der Waals surface area contributed by atoms with Crippen LogP contribution in [0.4, 0.5) is 0 Å². The highest BCUT2D eigenvalue weighted by molar-refractivity contribution is 6.39. The molecule has 4 nitrogen and oxygen atoms in total. The molecule has 0 saturated carbocycles. The van der Waals surface area contributed by atoms with Gasteiger partial charge in [0, 0.05) is 17.6 Å². The molecule has 0 amide bonds. The minimum Gasteiger partial charge on any atom is -0.495 e. The third-order valence-corrected chi connectivity index (χ3v) is 3.18. The summed E-state index contributed by atoms with van der Waals surface area (Å²) in [5, 5.41) is 1.23. The maximum atomic E-state index is 11.5. The Hall–Kier alpha value is -1.52. The van der Waals surface area contributed by atoms with E-state index in [1.165, 1.54) is 20.4 Å². The number of pyridine rings is 1. The molecule has 2 aromatic rings. The fourth-order valence-corrected chi connectivity index (χ4v) is 2.09. The molecule has 0 spiro atoms. The topological polar surface area (TPSA) is 48.4 Å². The number of nitrogens with zero attached hydrogens (tertiary/aromatic N) is 1. The first-order chi connectivity index (χ1) is 8.58. The first-order valence-corrected chi connectivity index (χ1v) is 5.74. The molecule has 1 aromatic heterocycles. The Labute approximate surface area is 113 Å². The lowest BCUT2D eigenvalue weighted by atomic mass is 10.1. The van der Waals surface area contributed by atoms with Crippen molar-refractivity contribution >= 4 is 40.1 Å². The van der Waals surface area contributed by atoms with Crippen LogP contribution in [0.2, 0.25) is 10.0 Å². The molecule has 0 aliphatic heterocycles. The van der Waals surface area contributed by atoms with Crippen LogP contribution in [0.5, 0.6) is 5.75 Å². The van der Waals surface area contributed by atoms with E-state index < -0.39 is 5.97 Å². The predicted octanol–water partition coefficient (Wildman–Crippen LogP) is 3.34. The zero-order valence-electron chi connectivity index (χ0n) is 9.66. The van der Waals surface area contributed by atoms with Crippen molar-refractivity contribution in [3.8, 4) is 5.75 Å². The molecular weight excluding hydrogens is 277 g/mol. The monoisotopic (exact) mass is 285 g/mol. The fraction of sp³-hybridized carbons (Fsp3) is 0.167. The third-order valence-electron chi connectivity index (χ3n) is 2.48. The molecule has 0 unspecified atom stereocenters. The van der Waals surface area contributed by atoms with Crippen LogP contribution in [0.3, 0.4) is 0 Å². The van der Waals surface area contributed by atoms with E-state index in [0.717, 1.165) is 0 Å². The summed E-state index contributed by atoms with van der Waals surface area (Å²) >= 11 is 12.2. The zero-order valence-corrected chi connectivity index (χ0v) is 11.2. The molecule has 6 heteroatoms. The number of hydrogen-bond acceptors (Lipinski definition) is 4. The second-order valence-corrected chi connectivity index (χ2v) is 4.27. The van der Waals surface area contributed by atoms with Crippen LogP contribution >= 0.6 is 23.2 Å². The quantitative estimate of drug-likeness (QED) is 0.794. The molecule has 0 atom stereocenters. The number of carbonyl (C=O) groups excluding carboxylic acids is 1. The van der Waals surface area contributed by atoms with E-state index in [1.807, 2.05) is 0 Å². The average Bonchev–Trinajstić information content (AvgIpc) is 2.38. The van der Waals surface area contributed by atoms with Gasteiger partial charge < -0.3 is 9.47 Å². The summed E-state index contributed by atoms with van der Waals surface area (Å²) in [4.78, 5) is 15.6. The number of ether oxygens (including phenoxy) is 2. The van der Waals surface area contributed by atoms with Gasteiger partial charge in [0.25, 0.3) is 0 Å². The van der Waals surface area contributed by atoms with Gasteiger partial charge in [0.15, 0.2) is 0 Å². The van der Waals surface area contributed by atoms with E-state index in [9.17, 15) is 4.79 Å². The molecule has 0 bridgehead atoms. The van der Waals surface area contributed by atoms with Crippen molar-refractivity contribution in [2.75, 3.05) is 14.2 Å². The van der Waals surface area contributed by atoms with Gasteiger partial charge in [-0.3, -0.25) is 4.98 Å². The number of esters is 1. The first-order valence-electron chi connectivity index (χ1n) is 4.98. The van der Waals surface area contributed by atoms with E-state index in [1.54, 1.807) is 12.1 Å². The van der Waals surface area contributed by atoms with Gasteiger partial charge in [-0.05, 0) is 6.07 Å². The summed E-state index contributed by atoms with van der Waals surface area (Å²) < 4.78 is 9.71. The minimum absolute atomic E-state index is 0.202. The summed E-state index contributed by atoms with van der Waals surface area (Å²) in [6, 6.07) is 3.27. The Bertz CT molecular complexity index is 628. The van der Waals surface area contributed by atoms with Crippen LogP contribution in [-0.2, 0) is 4.74 Å². The zero-order chi connectivity index (χ0) is 13.3. The van der Waals surface area contributed by atoms with Crippen molar-refractivity contribution in [2.24, 2.45) is 0 Å². The van der Waals surface area contributed by atoms with Crippen molar-refractivity contribution in [1.29, 1.82) is 0 Å². The maximum Gasteiger partial charge on any atom is 0.340 e. The largest absolute Gasteiger partial charge is 0.495 e. The summed E-state index contributed by atoms with van der Waals surface area (Å²) in [6.07, 6.45) is 1.36. The molecule has 0 aliphatic carbocycles. The number of rotatable bonds is 2. The molecular formula is C12H9Cl2NO3. The van der Waals surface area contributed by atoms with Gasteiger partial charge >= 0.3 is 5.97 Å². The Morgan fingerprint density at radius 3 is 2.61 bits per heavy atom. The van der Waals surface area contributed by atoms with E-state index in [0.29, 0.717) is 21.7 Å². The number of benzene rings is 1. The van der Waals surface area contributed by atoms with Crippen LogP contribution in [0.25, 0.3) is 10.9 Å². The van der Waals surface area contributed by atoms with Crippen molar-refractivity contribution < 1.29 is 14.3 Å². The second-order valence-electron chi connectivity index (χ2n) is 3.48. The number of carbonyl (C=O) groups is 1. The lowest BCUT2D eigenvalue weighted by Crippen LogP contribution is -2.03. The molecule has 0 radical (unpaired) electrons. The fourth-order valence-electron chi connectivity index (χ4n) is 1.57. The van der Waals surface area contributed by atoms with Gasteiger partial charge in [-0.25, -0.2) is 4.79 Å². The summed E-state index contributed by atoms with van der Waals surface area (Å²) in [5.74, 6) is -0.0418. The lowest BCUT2D eigenvalue weighted by Gasteiger charge is -2.08. The van der Waals surface area contributed by atoms with E-state index in [4.69, 9.17) is 27.9 Å². The van der Waals surface area contributed by atoms with Gasteiger partial charge in [0.1, 0.15) is 5.75 Å². The molecule has 2 rings (SSSR count). The highest BCUT2D eigenvalue weighted by atomic mass is 35.5. The normalized spacial score (nSPS) is 10.4. The molecule has 0 saturated heterocycles. The molecule has 1 aromatic carbocycles. The molecule has 0 fully saturated rings.